The van der Waals surface area contributed by atoms with Crippen molar-refractivity contribution in [3.05, 3.63) is 10.9 Å². The first-order valence-electron chi connectivity index (χ1n) is 7.27. The fourth-order valence-corrected chi connectivity index (χ4v) is 3.21. The summed E-state index contributed by atoms with van der Waals surface area (Å²) in [4.78, 5) is 11.0. The van der Waals surface area contributed by atoms with Crippen LogP contribution in [0.2, 0.25) is 0 Å². The van der Waals surface area contributed by atoms with Crippen molar-refractivity contribution in [2.75, 3.05) is 17.3 Å². The summed E-state index contributed by atoms with van der Waals surface area (Å²) in [7, 11) is 0. The van der Waals surface area contributed by atoms with E-state index in [1.807, 2.05) is 0 Å². The summed E-state index contributed by atoms with van der Waals surface area (Å²) in [6.45, 7) is 6.28. The molecule has 5 N–H and O–H groups in total. The third-order valence-corrected chi connectivity index (χ3v) is 5.13. The van der Waals surface area contributed by atoms with Gasteiger partial charge in [0.05, 0.1) is 17.5 Å². The number of nitrogen functional groups attached to an aromatic ring is 1. The van der Waals surface area contributed by atoms with Crippen LogP contribution in [0.15, 0.2) is 6.07 Å². The monoisotopic (exact) mass is 309 g/mol. The van der Waals surface area contributed by atoms with Gasteiger partial charge in [0, 0.05) is 4.88 Å². The van der Waals surface area contributed by atoms with E-state index in [1.54, 1.807) is 11.3 Å². The van der Waals surface area contributed by atoms with Gasteiger partial charge in [-0.25, -0.2) is 10.8 Å². The Hall–Kier alpha value is -1.44. The SMILES string of the molecule is CCc1cc2c(NC(CC)(CC)CO)nc(NN)nc2s1. The molecule has 0 atom stereocenters. The lowest BCUT2D eigenvalue weighted by molar-refractivity contribution is 0.202. The predicted molar refractivity (Wildman–Crippen MR) is 88.6 cm³/mol. The van der Waals surface area contributed by atoms with Gasteiger partial charge in [0.25, 0.3) is 0 Å². The fourth-order valence-electron chi connectivity index (χ4n) is 2.25. The van der Waals surface area contributed by atoms with Gasteiger partial charge in [0.2, 0.25) is 5.95 Å². The van der Waals surface area contributed by atoms with Crippen molar-refractivity contribution < 1.29 is 5.11 Å². The number of anilines is 2. The number of hydrogen-bond donors (Lipinski definition) is 4. The number of aliphatic hydroxyl groups is 1. The minimum Gasteiger partial charge on any atom is -0.394 e. The molecule has 0 amide bonds. The Kier molecular flexibility index (Phi) is 4.97. The first-order chi connectivity index (χ1) is 10.1. The van der Waals surface area contributed by atoms with Crippen LogP contribution in [-0.4, -0.2) is 27.2 Å². The van der Waals surface area contributed by atoms with Crippen LogP contribution in [0.25, 0.3) is 10.2 Å². The molecule has 0 saturated heterocycles. The van der Waals surface area contributed by atoms with Crippen molar-refractivity contribution in [2.45, 2.75) is 45.6 Å². The summed E-state index contributed by atoms with van der Waals surface area (Å²) in [6, 6.07) is 2.11. The van der Waals surface area contributed by atoms with E-state index in [4.69, 9.17) is 5.84 Å². The van der Waals surface area contributed by atoms with Gasteiger partial charge in [0.15, 0.2) is 0 Å². The van der Waals surface area contributed by atoms with E-state index < -0.39 is 0 Å². The van der Waals surface area contributed by atoms with E-state index in [-0.39, 0.29) is 12.1 Å². The number of thiophene rings is 1. The summed E-state index contributed by atoms with van der Waals surface area (Å²) in [6.07, 6.45) is 2.57. The maximum atomic E-state index is 9.74. The van der Waals surface area contributed by atoms with Crippen LogP contribution in [0.5, 0.6) is 0 Å². The second kappa shape index (κ2) is 6.55. The fraction of sp³-hybridized carbons (Fsp3) is 0.571. The van der Waals surface area contributed by atoms with Gasteiger partial charge in [-0.05, 0) is 25.3 Å². The van der Waals surface area contributed by atoms with Crippen molar-refractivity contribution in [3.8, 4) is 0 Å². The highest BCUT2D eigenvalue weighted by Gasteiger charge is 2.26. The summed E-state index contributed by atoms with van der Waals surface area (Å²) in [5, 5.41) is 14.1. The highest BCUT2D eigenvalue weighted by atomic mass is 32.1. The molecule has 0 fully saturated rings. The smallest absolute Gasteiger partial charge is 0.240 e. The number of nitrogens with one attached hydrogen (secondary N) is 2. The summed E-state index contributed by atoms with van der Waals surface area (Å²) in [5.41, 5.74) is 2.13. The summed E-state index contributed by atoms with van der Waals surface area (Å²) < 4.78 is 0. The van der Waals surface area contributed by atoms with Gasteiger partial charge in [-0.15, -0.1) is 11.3 Å². The minimum atomic E-state index is -0.374. The van der Waals surface area contributed by atoms with E-state index in [9.17, 15) is 5.11 Å². The molecule has 0 aliphatic carbocycles. The Balaban J connectivity index is 2.52. The minimum absolute atomic E-state index is 0.0572. The third kappa shape index (κ3) is 3.09. The number of hydrogen-bond acceptors (Lipinski definition) is 7. The van der Waals surface area contributed by atoms with E-state index in [0.29, 0.717) is 5.95 Å². The molecule has 0 aliphatic heterocycles. The molecular weight excluding hydrogens is 286 g/mol. The zero-order valence-electron chi connectivity index (χ0n) is 12.7. The number of aliphatic hydroxyl groups excluding tert-OH is 1. The molecule has 116 valence electrons. The molecule has 0 aliphatic rings. The second-order valence-corrected chi connectivity index (χ2v) is 6.21. The standard InChI is InChI=1S/C14H23N5OS/c1-4-9-7-10-11(18-14(5-2,6-3)8-20)16-13(19-15)17-12(10)21-9/h7,20H,4-6,8,15H2,1-3H3,(H2,16,17,18,19). The third-order valence-electron chi connectivity index (χ3n) is 3.96. The van der Waals surface area contributed by atoms with Gasteiger partial charge in [-0.2, -0.15) is 4.98 Å². The quantitative estimate of drug-likeness (QED) is 0.463. The number of hydrazine groups is 1. The molecule has 0 unspecified atom stereocenters. The topological polar surface area (TPSA) is 96.1 Å². The molecule has 0 saturated carbocycles. The van der Waals surface area contributed by atoms with Crippen LogP contribution >= 0.6 is 11.3 Å². The van der Waals surface area contributed by atoms with E-state index >= 15 is 0 Å². The number of nitrogens with two attached hydrogens (primary N) is 1. The van der Waals surface area contributed by atoms with Crippen LogP contribution in [0.4, 0.5) is 11.8 Å². The Labute approximate surface area is 128 Å². The second-order valence-electron chi connectivity index (χ2n) is 5.10. The predicted octanol–water partition coefficient (Wildman–Crippen LogP) is 2.50. The lowest BCUT2D eigenvalue weighted by Crippen LogP contribution is -2.41. The van der Waals surface area contributed by atoms with Gasteiger partial charge in [0.1, 0.15) is 10.6 Å². The normalized spacial score (nSPS) is 11.9. The number of fused-ring (bicyclic) bond motifs is 1. The lowest BCUT2D eigenvalue weighted by atomic mass is 9.94. The van der Waals surface area contributed by atoms with Crippen molar-refractivity contribution in [1.82, 2.24) is 9.97 Å². The Morgan fingerprint density at radius 2 is 2.00 bits per heavy atom. The van der Waals surface area contributed by atoms with Crippen LogP contribution in [0.3, 0.4) is 0 Å². The molecule has 0 aromatic carbocycles. The van der Waals surface area contributed by atoms with Crippen molar-refractivity contribution >= 4 is 33.3 Å². The maximum Gasteiger partial charge on any atom is 0.240 e. The van der Waals surface area contributed by atoms with Gasteiger partial charge in [-0.3, -0.25) is 5.43 Å². The zero-order chi connectivity index (χ0) is 15.5. The molecular formula is C14H23N5OS. The van der Waals surface area contributed by atoms with Crippen LogP contribution in [-0.2, 0) is 6.42 Å². The maximum absolute atomic E-state index is 9.74. The zero-order valence-corrected chi connectivity index (χ0v) is 13.5. The molecule has 2 rings (SSSR count). The van der Waals surface area contributed by atoms with E-state index in [1.165, 1.54) is 4.88 Å². The van der Waals surface area contributed by atoms with E-state index in [2.05, 4.69) is 47.5 Å². The number of aromatic nitrogens is 2. The van der Waals surface area contributed by atoms with Gasteiger partial charge < -0.3 is 10.4 Å². The number of nitrogens with zero attached hydrogens (tertiary/aromatic N) is 2. The van der Waals surface area contributed by atoms with Crippen molar-refractivity contribution in [1.29, 1.82) is 0 Å². The van der Waals surface area contributed by atoms with Crippen LogP contribution in [0.1, 0.15) is 38.5 Å². The molecule has 2 aromatic rings. The molecule has 7 heteroatoms. The van der Waals surface area contributed by atoms with Crippen LogP contribution < -0.4 is 16.6 Å². The number of rotatable bonds is 7. The average Bonchev–Trinajstić information content (AvgIpc) is 2.95. The van der Waals surface area contributed by atoms with Gasteiger partial charge in [-0.1, -0.05) is 20.8 Å². The van der Waals surface area contributed by atoms with E-state index in [0.717, 1.165) is 35.3 Å². The Bertz CT molecular complexity index is 600. The van der Waals surface area contributed by atoms with Crippen LogP contribution in [0, 0.1) is 0 Å². The first kappa shape index (κ1) is 15.9. The van der Waals surface area contributed by atoms with Crippen molar-refractivity contribution in [3.63, 3.8) is 0 Å². The van der Waals surface area contributed by atoms with Gasteiger partial charge >= 0.3 is 0 Å². The molecule has 0 radical (unpaired) electrons. The highest BCUT2D eigenvalue weighted by molar-refractivity contribution is 7.18. The number of aryl methyl sites for hydroxylation is 1. The highest BCUT2D eigenvalue weighted by Crippen LogP contribution is 2.32. The molecule has 21 heavy (non-hydrogen) atoms. The summed E-state index contributed by atoms with van der Waals surface area (Å²) >= 11 is 1.64. The molecule has 2 aromatic heterocycles. The molecule has 2 heterocycles. The Morgan fingerprint density at radius 3 is 2.52 bits per heavy atom. The molecule has 6 nitrogen and oxygen atoms in total. The first-order valence-corrected chi connectivity index (χ1v) is 8.09. The summed E-state index contributed by atoms with van der Waals surface area (Å²) in [5.74, 6) is 6.57. The average molecular weight is 309 g/mol. The molecule has 0 bridgehead atoms. The lowest BCUT2D eigenvalue weighted by Gasteiger charge is -2.31. The van der Waals surface area contributed by atoms with Crippen molar-refractivity contribution in [2.24, 2.45) is 5.84 Å². The Morgan fingerprint density at radius 1 is 1.29 bits per heavy atom. The molecule has 0 spiro atoms. The largest absolute Gasteiger partial charge is 0.394 e.